The van der Waals surface area contributed by atoms with Crippen molar-refractivity contribution in [3.63, 3.8) is 0 Å². The molecule has 23 heavy (non-hydrogen) atoms. The van der Waals surface area contributed by atoms with Crippen LogP contribution in [-0.4, -0.2) is 25.2 Å². The molecule has 0 bridgehead atoms. The summed E-state index contributed by atoms with van der Waals surface area (Å²) in [6, 6.07) is 2.21. The molecule has 1 rings (SSSR count). The van der Waals surface area contributed by atoms with Gasteiger partial charge in [0.1, 0.15) is 9.81 Å². The topological polar surface area (TPSA) is 66.4 Å². The smallest absolute Gasteiger partial charge is 0.250 e. The van der Waals surface area contributed by atoms with Gasteiger partial charge in [-0.1, -0.05) is 45.0 Å². The first kappa shape index (κ1) is 20.4. The minimum atomic E-state index is -3.80. The summed E-state index contributed by atoms with van der Waals surface area (Å²) >= 11 is 6.80. The van der Waals surface area contributed by atoms with Gasteiger partial charge in [0.2, 0.25) is 10.0 Å². The minimum absolute atomic E-state index is 0.113. The number of hydrogen-bond acceptors (Lipinski definition) is 4. The summed E-state index contributed by atoms with van der Waals surface area (Å²) in [6.07, 6.45) is 0.682. The molecule has 1 aromatic rings. The molecule has 2 N–H and O–H groups in total. The highest BCUT2D eigenvalue weighted by molar-refractivity contribution is 7.91. The summed E-state index contributed by atoms with van der Waals surface area (Å²) in [5, 5.41) is 11.1. The Morgan fingerprint density at radius 2 is 1.91 bits per heavy atom. The zero-order valence-electron chi connectivity index (χ0n) is 13.9. The van der Waals surface area contributed by atoms with Crippen LogP contribution in [0.4, 0.5) is 0 Å². The van der Waals surface area contributed by atoms with Crippen molar-refractivity contribution >= 4 is 33.0 Å². The molecule has 0 aromatic carbocycles. The van der Waals surface area contributed by atoms with Crippen LogP contribution in [0.2, 0.25) is 4.34 Å². The summed E-state index contributed by atoms with van der Waals surface area (Å²) < 4.78 is 28.4. The third-order valence-electron chi connectivity index (χ3n) is 4.06. The van der Waals surface area contributed by atoms with E-state index in [1.54, 1.807) is 13.8 Å². The van der Waals surface area contributed by atoms with Gasteiger partial charge in [0.05, 0.1) is 10.4 Å². The predicted octanol–water partition coefficient (Wildman–Crippen LogP) is 3.98. The molecule has 0 aliphatic carbocycles. The third kappa shape index (κ3) is 4.25. The summed E-state index contributed by atoms with van der Waals surface area (Å²) in [4.78, 5) is 0. The zero-order chi connectivity index (χ0) is 18.0. The lowest BCUT2D eigenvalue weighted by molar-refractivity contribution is 0.0592. The maximum absolute atomic E-state index is 12.6. The van der Waals surface area contributed by atoms with E-state index >= 15 is 0 Å². The van der Waals surface area contributed by atoms with Crippen LogP contribution in [-0.2, 0) is 10.0 Å². The fraction of sp³-hybridized carbons (Fsp3) is 0.500. The second-order valence-electron chi connectivity index (χ2n) is 5.87. The first-order valence-corrected chi connectivity index (χ1v) is 9.96. The molecular weight excluding hydrogens is 354 g/mol. The van der Waals surface area contributed by atoms with E-state index < -0.39 is 21.7 Å². The number of thiophene rings is 1. The molecule has 0 aliphatic heterocycles. The number of halogens is 1. The normalized spacial score (nSPS) is 15.2. The Kier molecular flexibility index (Phi) is 6.64. The molecule has 7 heteroatoms. The standard InChI is InChI=1S/C16H24ClNO3S2/c1-7-12(6)15(16(19,10(2)3)11(4)5)18-23(20,21)14-9-8-13(17)22-14/h8-9,12,15,18-19H,2,4,7H2,1,3,5-6H3/t12-,15-/m0/s1. The fourth-order valence-corrected chi connectivity index (χ4v) is 5.28. The first-order valence-electron chi connectivity index (χ1n) is 7.28. The number of aliphatic hydroxyl groups is 1. The van der Waals surface area contributed by atoms with E-state index in [0.717, 1.165) is 11.3 Å². The van der Waals surface area contributed by atoms with Gasteiger partial charge in [-0.3, -0.25) is 0 Å². The van der Waals surface area contributed by atoms with Crippen LogP contribution in [0.3, 0.4) is 0 Å². The summed E-state index contributed by atoms with van der Waals surface area (Å²) in [5.74, 6) is -0.126. The van der Waals surface area contributed by atoms with Crippen LogP contribution in [0.25, 0.3) is 0 Å². The average molecular weight is 378 g/mol. The second kappa shape index (κ2) is 7.49. The Morgan fingerprint density at radius 1 is 1.39 bits per heavy atom. The van der Waals surface area contributed by atoms with Gasteiger partial charge in [-0.25, -0.2) is 13.1 Å². The van der Waals surface area contributed by atoms with E-state index in [1.807, 2.05) is 13.8 Å². The number of sulfonamides is 1. The molecule has 0 aliphatic rings. The molecule has 1 heterocycles. The largest absolute Gasteiger partial charge is 0.379 e. The van der Waals surface area contributed by atoms with Crippen LogP contribution >= 0.6 is 22.9 Å². The van der Waals surface area contributed by atoms with Crippen LogP contribution in [0.1, 0.15) is 34.1 Å². The molecule has 4 nitrogen and oxygen atoms in total. The summed E-state index contributed by atoms with van der Waals surface area (Å²) in [6.45, 7) is 14.8. The molecule has 2 atom stereocenters. The number of nitrogens with one attached hydrogen (secondary N) is 1. The van der Waals surface area contributed by atoms with Gasteiger partial charge in [-0.15, -0.1) is 11.3 Å². The molecule has 1 aromatic heterocycles. The molecule has 130 valence electrons. The molecule has 0 spiro atoms. The Hall–Kier alpha value is -0.660. The maximum atomic E-state index is 12.6. The van der Waals surface area contributed by atoms with E-state index in [4.69, 9.17) is 11.6 Å². The van der Waals surface area contributed by atoms with Gasteiger partial charge in [-0.2, -0.15) is 0 Å². The fourth-order valence-electron chi connectivity index (χ4n) is 2.41. The molecule has 0 amide bonds. The molecule has 0 radical (unpaired) electrons. The lowest BCUT2D eigenvalue weighted by Gasteiger charge is -2.40. The second-order valence-corrected chi connectivity index (χ2v) is 9.53. The van der Waals surface area contributed by atoms with Crippen LogP contribution in [0.15, 0.2) is 40.6 Å². The van der Waals surface area contributed by atoms with Crippen molar-refractivity contribution in [2.75, 3.05) is 0 Å². The van der Waals surface area contributed by atoms with Gasteiger partial charge in [0.15, 0.2) is 0 Å². The number of rotatable bonds is 8. The van der Waals surface area contributed by atoms with Crippen molar-refractivity contribution in [2.24, 2.45) is 5.92 Å². The van der Waals surface area contributed by atoms with E-state index in [1.165, 1.54) is 12.1 Å². The maximum Gasteiger partial charge on any atom is 0.250 e. The van der Waals surface area contributed by atoms with Crippen molar-refractivity contribution < 1.29 is 13.5 Å². The van der Waals surface area contributed by atoms with Crippen molar-refractivity contribution in [1.29, 1.82) is 0 Å². The quantitative estimate of drug-likeness (QED) is 0.673. The molecule has 0 saturated carbocycles. The number of hydrogen-bond donors (Lipinski definition) is 2. The molecular formula is C16H24ClNO3S2. The first-order chi connectivity index (χ1) is 10.5. The minimum Gasteiger partial charge on any atom is -0.379 e. The monoisotopic (exact) mass is 377 g/mol. The van der Waals surface area contributed by atoms with Gasteiger partial charge in [0.25, 0.3) is 0 Å². The van der Waals surface area contributed by atoms with Gasteiger partial charge >= 0.3 is 0 Å². The lowest BCUT2D eigenvalue weighted by Crippen LogP contribution is -2.56. The Labute approximate surface area is 147 Å². The van der Waals surface area contributed by atoms with Gasteiger partial charge in [0, 0.05) is 0 Å². The van der Waals surface area contributed by atoms with Gasteiger partial charge in [-0.05, 0) is 43.0 Å². The predicted molar refractivity (Wildman–Crippen MR) is 97.5 cm³/mol. The zero-order valence-corrected chi connectivity index (χ0v) is 16.3. The Bertz CT molecular complexity index is 680. The summed E-state index contributed by atoms with van der Waals surface area (Å²) in [7, 11) is -3.80. The SMILES string of the molecule is C=C(C)C(O)(C(=C)C)[C@@H](NS(=O)(=O)c1ccc(Cl)s1)[C@@H](C)CC. The molecule has 0 fully saturated rings. The highest BCUT2D eigenvalue weighted by Gasteiger charge is 2.43. The lowest BCUT2D eigenvalue weighted by atomic mass is 9.76. The van der Waals surface area contributed by atoms with E-state index in [9.17, 15) is 13.5 Å². The van der Waals surface area contributed by atoms with Crippen molar-refractivity contribution in [3.05, 3.63) is 40.8 Å². The molecule has 0 saturated heterocycles. The van der Waals surface area contributed by atoms with Crippen LogP contribution in [0, 0.1) is 5.92 Å². The van der Waals surface area contributed by atoms with Crippen molar-refractivity contribution in [1.82, 2.24) is 4.72 Å². The van der Waals surface area contributed by atoms with Crippen LogP contribution in [0.5, 0.6) is 0 Å². The highest BCUT2D eigenvalue weighted by Crippen LogP contribution is 2.34. The van der Waals surface area contributed by atoms with Crippen molar-refractivity contribution in [3.8, 4) is 0 Å². The third-order valence-corrected chi connectivity index (χ3v) is 7.22. The van der Waals surface area contributed by atoms with E-state index in [2.05, 4.69) is 17.9 Å². The summed E-state index contributed by atoms with van der Waals surface area (Å²) in [5.41, 5.74) is -0.631. The van der Waals surface area contributed by atoms with Crippen molar-refractivity contribution in [2.45, 2.75) is 50.0 Å². The highest BCUT2D eigenvalue weighted by atomic mass is 35.5. The Morgan fingerprint density at radius 3 is 2.26 bits per heavy atom. The van der Waals surface area contributed by atoms with Gasteiger partial charge < -0.3 is 5.11 Å². The van der Waals surface area contributed by atoms with E-state index in [0.29, 0.717) is 21.9 Å². The average Bonchev–Trinajstić information content (AvgIpc) is 2.90. The molecule has 0 unspecified atom stereocenters. The Balaban J connectivity index is 3.33. The van der Waals surface area contributed by atoms with E-state index in [-0.39, 0.29) is 10.1 Å². The van der Waals surface area contributed by atoms with Crippen LogP contribution < -0.4 is 4.72 Å².